The maximum absolute atomic E-state index is 14.0. The number of fused-ring (bicyclic) bond motifs is 1. The van der Waals surface area contributed by atoms with E-state index in [1.165, 1.54) is 9.25 Å². The highest BCUT2D eigenvalue weighted by Crippen LogP contribution is 2.25. The number of carbonyl (C=O) groups excluding carboxylic acids is 1. The largest absolute Gasteiger partial charge is 0.489 e. The highest BCUT2D eigenvalue weighted by Gasteiger charge is 2.28. The quantitative estimate of drug-likeness (QED) is 0.257. The standard InChI is InChI=1S/C31H38N8O5S/c1-19(2)45(42)30-26(35-36-38(30)4)18-39-28-21(15-25(29(39)41)27(40)20-10-13-43-14-11-20)16-32-31(34-28)33-22-5-7-23(8-6-22)44-24-9-12-37(3)17-24/h5-8,15-16,19-20,24H,9-14,17-18H2,1-4H3,(H,32,33,34). The summed E-state index contributed by atoms with van der Waals surface area (Å²) in [5.74, 6) is 0.531. The average molecular weight is 635 g/mol. The second-order valence-electron chi connectivity index (χ2n) is 11.9. The number of hydrogen-bond donors (Lipinski definition) is 1. The van der Waals surface area contributed by atoms with Crippen molar-refractivity contribution in [3.63, 3.8) is 0 Å². The Kier molecular flexibility index (Phi) is 9.06. The molecule has 0 amide bonds. The van der Waals surface area contributed by atoms with Crippen LogP contribution in [0, 0.1) is 5.92 Å². The van der Waals surface area contributed by atoms with Crippen LogP contribution in [0.25, 0.3) is 11.0 Å². The van der Waals surface area contributed by atoms with Crippen LogP contribution < -0.4 is 15.6 Å². The number of likely N-dealkylation sites (N-methyl/N-ethyl adjacent to an activating group) is 1. The van der Waals surface area contributed by atoms with E-state index in [0.717, 1.165) is 30.9 Å². The third-order valence-corrected chi connectivity index (χ3v) is 9.95. The van der Waals surface area contributed by atoms with E-state index in [0.29, 0.717) is 47.8 Å². The first-order chi connectivity index (χ1) is 21.7. The summed E-state index contributed by atoms with van der Waals surface area (Å²) < 4.78 is 27.6. The maximum Gasteiger partial charge on any atom is 0.263 e. The van der Waals surface area contributed by atoms with E-state index in [1.54, 1.807) is 19.3 Å². The van der Waals surface area contributed by atoms with Crippen LogP contribution in [0.1, 0.15) is 49.2 Å². The van der Waals surface area contributed by atoms with Gasteiger partial charge < -0.3 is 19.7 Å². The van der Waals surface area contributed by atoms with Crippen LogP contribution >= 0.6 is 0 Å². The van der Waals surface area contributed by atoms with Gasteiger partial charge in [-0.1, -0.05) is 19.1 Å². The molecule has 0 bridgehead atoms. The van der Waals surface area contributed by atoms with Crippen LogP contribution in [0.4, 0.5) is 11.6 Å². The van der Waals surface area contributed by atoms with E-state index in [1.807, 2.05) is 38.1 Å². The summed E-state index contributed by atoms with van der Waals surface area (Å²) in [6, 6.07) is 9.15. The molecular weight excluding hydrogens is 596 g/mol. The molecule has 4 aromatic rings. The van der Waals surface area contributed by atoms with Crippen LogP contribution in [0.5, 0.6) is 5.75 Å². The number of anilines is 2. The molecule has 238 valence electrons. The smallest absolute Gasteiger partial charge is 0.263 e. The molecule has 45 heavy (non-hydrogen) atoms. The van der Waals surface area contributed by atoms with E-state index in [2.05, 4.69) is 32.6 Å². The topological polar surface area (TPSA) is 146 Å². The number of ketones is 1. The molecule has 0 aliphatic carbocycles. The van der Waals surface area contributed by atoms with Crippen molar-refractivity contribution in [3.8, 4) is 5.75 Å². The molecule has 2 aliphatic heterocycles. The Hall–Kier alpha value is -4.01. The molecule has 0 radical (unpaired) electrons. The van der Waals surface area contributed by atoms with Crippen molar-refractivity contribution in [2.75, 3.05) is 38.7 Å². The molecule has 1 N–H and O–H groups in total. The zero-order valence-corrected chi connectivity index (χ0v) is 26.7. The summed E-state index contributed by atoms with van der Waals surface area (Å²) in [6.45, 7) is 6.51. The van der Waals surface area contributed by atoms with Crippen molar-refractivity contribution >= 4 is 39.3 Å². The molecule has 2 atom stereocenters. The summed E-state index contributed by atoms with van der Waals surface area (Å²) >= 11 is 0. The minimum atomic E-state index is -1.41. The molecule has 2 aliphatic rings. The lowest BCUT2D eigenvalue weighted by Crippen LogP contribution is -2.32. The molecule has 2 fully saturated rings. The molecule has 1 aromatic carbocycles. The summed E-state index contributed by atoms with van der Waals surface area (Å²) in [4.78, 5) is 39.1. The molecule has 2 saturated heterocycles. The summed E-state index contributed by atoms with van der Waals surface area (Å²) in [5, 5.41) is 12.3. The number of rotatable bonds is 10. The zero-order chi connectivity index (χ0) is 31.7. The van der Waals surface area contributed by atoms with Gasteiger partial charge in [-0.05, 0) is 56.6 Å². The van der Waals surface area contributed by atoms with Crippen LogP contribution in [-0.4, -0.2) is 89.1 Å². The Bertz CT molecular complexity index is 1780. The monoisotopic (exact) mass is 634 g/mol. The van der Waals surface area contributed by atoms with E-state index in [9.17, 15) is 13.8 Å². The molecule has 13 nitrogen and oxygen atoms in total. The fourth-order valence-electron chi connectivity index (χ4n) is 5.76. The number of Topliss-reactive ketones (excluding diaryl/α,β-unsaturated/α-hetero) is 1. The molecular formula is C31H38N8O5S. The van der Waals surface area contributed by atoms with Gasteiger partial charge in [0, 0.05) is 61.8 Å². The molecule has 0 saturated carbocycles. The van der Waals surface area contributed by atoms with E-state index in [4.69, 9.17) is 14.5 Å². The van der Waals surface area contributed by atoms with Gasteiger partial charge in [-0.3, -0.25) is 18.4 Å². The first-order valence-corrected chi connectivity index (χ1v) is 16.4. The molecule has 5 heterocycles. The normalized spacial score (nSPS) is 18.5. The van der Waals surface area contributed by atoms with Crippen LogP contribution in [0.15, 0.2) is 46.3 Å². The van der Waals surface area contributed by atoms with Crippen molar-refractivity contribution in [2.45, 2.75) is 56.0 Å². The second kappa shape index (κ2) is 13.2. The van der Waals surface area contributed by atoms with E-state index < -0.39 is 16.4 Å². The second-order valence-corrected chi connectivity index (χ2v) is 13.8. The van der Waals surface area contributed by atoms with E-state index >= 15 is 0 Å². The van der Waals surface area contributed by atoms with Gasteiger partial charge in [0.2, 0.25) is 5.95 Å². The summed E-state index contributed by atoms with van der Waals surface area (Å²) in [5.41, 5.74) is 1.01. The van der Waals surface area contributed by atoms with Crippen molar-refractivity contribution < 1.29 is 18.5 Å². The first kappa shape index (κ1) is 31.0. The molecule has 2 unspecified atom stereocenters. The van der Waals surface area contributed by atoms with Crippen LogP contribution in [0.3, 0.4) is 0 Å². The minimum Gasteiger partial charge on any atom is -0.489 e. The van der Waals surface area contributed by atoms with Gasteiger partial charge in [-0.25, -0.2) is 9.67 Å². The highest BCUT2D eigenvalue weighted by atomic mass is 32.2. The maximum atomic E-state index is 14.0. The van der Waals surface area contributed by atoms with Gasteiger partial charge in [0.05, 0.1) is 22.9 Å². The lowest BCUT2D eigenvalue weighted by Gasteiger charge is -2.21. The Morgan fingerprint density at radius 2 is 1.91 bits per heavy atom. The predicted molar refractivity (Wildman–Crippen MR) is 170 cm³/mol. The number of ether oxygens (including phenoxy) is 2. The Labute approximate surface area is 263 Å². The molecule has 0 spiro atoms. The number of hydrogen-bond acceptors (Lipinski definition) is 11. The number of likely N-dealkylation sites (tertiary alicyclic amines) is 1. The molecule has 14 heteroatoms. The SMILES string of the molecule is CC(C)S(=O)c1c(Cn2c(=O)c(C(=O)C3CCOCC3)cc3cnc(Nc4ccc(OC5CCN(C)C5)cc4)nc32)nnn1C. The van der Waals surface area contributed by atoms with Crippen LogP contribution in [0.2, 0.25) is 0 Å². The number of aryl methyl sites for hydroxylation is 1. The first-order valence-electron chi connectivity index (χ1n) is 15.2. The van der Waals surface area contributed by atoms with Crippen molar-refractivity contribution in [1.29, 1.82) is 0 Å². The van der Waals surface area contributed by atoms with Gasteiger partial charge >= 0.3 is 0 Å². The Morgan fingerprint density at radius 1 is 1.16 bits per heavy atom. The summed E-state index contributed by atoms with van der Waals surface area (Å²) in [7, 11) is 2.35. The van der Waals surface area contributed by atoms with Crippen molar-refractivity contribution in [1.82, 2.24) is 34.4 Å². The number of carbonyl (C=O) groups is 1. The third-order valence-electron chi connectivity index (χ3n) is 8.21. The zero-order valence-electron chi connectivity index (χ0n) is 25.9. The third kappa shape index (κ3) is 6.67. The highest BCUT2D eigenvalue weighted by molar-refractivity contribution is 7.85. The van der Waals surface area contributed by atoms with Crippen LogP contribution in [-0.2, 0) is 29.1 Å². The van der Waals surface area contributed by atoms with Gasteiger partial charge in [0.1, 0.15) is 23.2 Å². The molecule has 6 rings (SSSR count). The fraction of sp³-hybridized carbons (Fsp3) is 0.484. The van der Waals surface area contributed by atoms with Gasteiger partial charge in [-0.15, -0.1) is 5.10 Å². The number of aromatic nitrogens is 6. The minimum absolute atomic E-state index is 0.0648. The Balaban J connectivity index is 1.35. The predicted octanol–water partition coefficient (Wildman–Crippen LogP) is 2.92. The van der Waals surface area contributed by atoms with E-state index in [-0.39, 0.29) is 41.1 Å². The lowest BCUT2D eigenvalue weighted by molar-refractivity contribution is 0.0543. The molecule has 3 aromatic heterocycles. The van der Waals surface area contributed by atoms with Gasteiger partial charge in [0.25, 0.3) is 5.56 Å². The lowest BCUT2D eigenvalue weighted by atomic mass is 9.91. The Morgan fingerprint density at radius 3 is 2.60 bits per heavy atom. The fourth-order valence-corrected chi connectivity index (χ4v) is 6.84. The summed E-state index contributed by atoms with van der Waals surface area (Å²) in [6.07, 6.45) is 3.87. The number of pyridine rings is 1. The number of benzene rings is 1. The van der Waals surface area contributed by atoms with Crippen molar-refractivity contribution in [3.05, 3.63) is 58.1 Å². The number of nitrogens with one attached hydrogen (secondary N) is 1. The average Bonchev–Trinajstić information content (AvgIpc) is 3.62. The number of nitrogens with zero attached hydrogens (tertiary/aromatic N) is 7. The van der Waals surface area contributed by atoms with Gasteiger partial charge in [-0.2, -0.15) is 4.98 Å². The van der Waals surface area contributed by atoms with Gasteiger partial charge in [0.15, 0.2) is 10.8 Å². The van der Waals surface area contributed by atoms with Crippen molar-refractivity contribution in [2.24, 2.45) is 13.0 Å².